The zero-order chi connectivity index (χ0) is 24.2. The van der Waals surface area contributed by atoms with E-state index >= 15 is 0 Å². The molecule has 0 aliphatic carbocycles. The Labute approximate surface area is 197 Å². The van der Waals surface area contributed by atoms with Crippen LogP contribution in [0.15, 0.2) is 48.5 Å². The normalized spacial score (nSPS) is 11.0. The van der Waals surface area contributed by atoms with Crippen LogP contribution in [0.4, 0.5) is 4.39 Å². The lowest BCUT2D eigenvalue weighted by Crippen LogP contribution is -2.23. The van der Waals surface area contributed by atoms with Crippen LogP contribution in [0.5, 0.6) is 11.6 Å². The number of nitrogens with one attached hydrogen (secondary N) is 1. The van der Waals surface area contributed by atoms with E-state index in [0.717, 1.165) is 33.5 Å². The van der Waals surface area contributed by atoms with Gasteiger partial charge in [0.05, 0.1) is 25.6 Å². The van der Waals surface area contributed by atoms with E-state index in [1.165, 1.54) is 12.1 Å². The number of carbonyl (C=O) groups is 1. The van der Waals surface area contributed by atoms with Crippen molar-refractivity contribution in [2.75, 3.05) is 14.2 Å². The number of carbonyl (C=O) groups excluding carboxylic acids is 1. The predicted molar refractivity (Wildman–Crippen MR) is 128 cm³/mol. The summed E-state index contributed by atoms with van der Waals surface area (Å²) in [5.74, 6) is 0.763. The van der Waals surface area contributed by atoms with Gasteiger partial charge in [0.15, 0.2) is 5.65 Å². The second kappa shape index (κ2) is 9.91. The largest absolute Gasteiger partial charge is 0.497 e. The van der Waals surface area contributed by atoms with Crippen LogP contribution in [0.25, 0.3) is 16.7 Å². The summed E-state index contributed by atoms with van der Waals surface area (Å²) >= 11 is 0. The molecule has 7 nitrogen and oxygen atoms in total. The number of hydrogen-bond acceptors (Lipinski definition) is 5. The highest BCUT2D eigenvalue weighted by atomic mass is 19.1. The van der Waals surface area contributed by atoms with E-state index < -0.39 is 0 Å². The number of benzene rings is 2. The van der Waals surface area contributed by atoms with Crippen molar-refractivity contribution in [2.45, 2.75) is 33.2 Å². The standard InChI is InChI=1S/C26H27FN4O3/c1-16-22(11-12-23(32)28-15-18-7-5-10-21(13-18)33-3)26(34-4)29-25-24(16)17(2)30-31(25)20-9-6-8-19(27)14-20/h5-10,13-14H,11-12,15H2,1-4H3,(H,28,32). The first-order valence-corrected chi connectivity index (χ1v) is 11.0. The smallest absolute Gasteiger partial charge is 0.220 e. The Bertz CT molecular complexity index is 1350. The van der Waals surface area contributed by atoms with Crippen LogP contribution in [0.2, 0.25) is 0 Å². The maximum Gasteiger partial charge on any atom is 0.220 e. The number of nitrogens with zero attached hydrogens (tertiary/aromatic N) is 3. The molecule has 8 heteroatoms. The molecule has 0 fully saturated rings. The van der Waals surface area contributed by atoms with Gasteiger partial charge in [-0.25, -0.2) is 9.07 Å². The molecule has 4 aromatic rings. The van der Waals surface area contributed by atoms with Gasteiger partial charge >= 0.3 is 0 Å². The van der Waals surface area contributed by atoms with Crippen molar-refractivity contribution < 1.29 is 18.7 Å². The average molecular weight is 463 g/mol. The summed E-state index contributed by atoms with van der Waals surface area (Å²) in [6, 6.07) is 13.8. The monoisotopic (exact) mass is 462 g/mol. The molecular formula is C26H27FN4O3. The fraction of sp³-hybridized carbons (Fsp3) is 0.269. The first kappa shape index (κ1) is 23.2. The maximum atomic E-state index is 13.8. The molecule has 4 rings (SSSR count). The van der Waals surface area contributed by atoms with E-state index in [2.05, 4.69) is 15.4 Å². The van der Waals surface area contributed by atoms with Crippen molar-refractivity contribution in [1.82, 2.24) is 20.1 Å². The van der Waals surface area contributed by atoms with Crippen LogP contribution in [-0.4, -0.2) is 34.9 Å². The van der Waals surface area contributed by atoms with E-state index in [1.807, 2.05) is 38.1 Å². The molecular weight excluding hydrogens is 435 g/mol. The van der Waals surface area contributed by atoms with Crippen molar-refractivity contribution in [3.05, 3.63) is 76.7 Å². The predicted octanol–water partition coefficient (Wildman–Crippen LogP) is 4.44. The Balaban J connectivity index is 1.56. The second-order valence-corrected chi connectivity index (χ2v) is 8.03. The Hall–Kier alpha value is -3.94. The van der Waals surface area contributed by atoms with Crippen LogP contribution in [0.1, 0.15) is 28.8 Å². The molecule has 2 aromatic carbocycles. The number of halogens is 1. The molecule has 0 atom stereocenters. The van der Waals surface area contributed by atoms with Gasteiger partial charge in [-0.1, -0.05) is 18.2 Å². The van der Waals surface area contributed by atoms with Gasteiger partial charge in [-0.2, -0.15) is 10.1 Å². The van der Waals surface area contributed by atoms with Gasteiger partial charge in [-0.15, -0.1) is 0 Å². The zero-order valence-electron chi connectivity index (χ0n) is 19.7. The first-order chi connectivity index (χ1) is 16.4. The van der Waals surface area contributed by atoms with Gasteiger partial charge in [-0.05, 0) is 61.7 Å². The number of methoxy groups -OCH3 is 2. The van der Waals surface area contributed by atoms with Crippen LogP contribution in [0, 0.1) is 19.7 Å². The third kappa shape index (κ3) is 4.71. The van der Waals surface area contributed by atoms with Crippen molar-refractivity contribution in [1.29, 1.82) is 0 Å². The van der Waals surface area contributed by atoms with Gasteiger partial charge in [0.1, 0.15) is 11.6 Å². The minimum absolute atomic E-state index is 0.0726. The number of pyridine rings is 1. The molecule has 2 heterocycles. The number of ether oxygens (including phenoxy) is 2. The van der Waals surface area contributed by atoms with Crippen LogP contribution in [-0.2, 0) is 17.8 Å². The van der Waals surface area contributed by atoms with E-state index in [1.54, 1.807) is 31.0 Å². The fourth-order valence-corrected chi connectivity index (χ4v) is 4.09. The van der Waals surface area contributed by atoms with E-state index in [9.17, 15) is 9.18 Å². The number of fused-ring (bicyclic) bond motifs is 1. The number of amides is 1. The topological polar surface area (TPSA) is 78.3 Å². The number of rotatable bonds is 8. The molecule has 2 aromatic heterocycles. The molecule has 176 valence electrons. The third-order valence-corrected chi connectivity index (χ3v) is 5.80. The Morgan fingerprint density at radius 2 is 1.88 bits per heavy atom. The average Bonchev–Trinajstić information content (AvgIpc) is 3.18. The molecule has 0 saturated carbocycles. The molecule has 0 spiro atoms. The molecule has 0 radical (unpaired) electrons. The van der Waals surface area contributed by atoms with Gasteiger partial charge in [-0.3, -0.25) is 4.79 Å². The van der Waals surface area contributed by atoms with E-state index in [-0.39, 0.29) is 18.1 Å². The van der Waals surface area contributed by atoms with Crippen molar-refractivity contribution >= 4 is 16.9 Å². The lowest BCUT2D eigenvalue weighted by molar-refractivity contribution is -0.121. The maximum absolute atomic E-state index is 13.8. The van der Waals surface area contributed by atoms with Gasteiger partial charge in [0.2, 0.25) is 11.8 Å². The highest BCUT2D eigenvalue weighted by molar-refractivity contribution is 5.86. The molecule has 0 aliphatic rings. The summed E-state index contributed by atoms with van der Waals surface area (Å²) in [5, 5.41) is 8.41. The van der Waals surface area contributed by atoms with Gasteiger partial charge in [0.25, 0.3) is 0 Å². The molecule has 1 amide bonds. The summed E-state index contributed by atoms with van der Waals surface area (Å²) in [7, 11) is 3.16. The molecule has 0 unspecified atom stereocenters. The minimum Gasteiger partial charge on any atom is -0.497 e. The summed E-state index contributed by atoms with van der Waals surface area (Å²) in [4.78, 5) is 17.2. The highest BCUT2D eigenvalue weighted by Crippen LogP contribution is 2.32. The van der Waals surface area contributed by atoms with E-state index in [4.69, 9.17) is 9.47 Å². The van der Waals surface area contributed by atoms with Crippen molar-refractivity contribution in [3.63, 3.8) is 0 Å². The number of aryl methyl sites for hydroxylation is 2. The minimum atomic E-state index is -0.348. The molecule has 0 saturated heterocycles. The molecule has 1 N–H and O–H groups in total. The zero-order valence-corrected chi connectivity index (χ0v) is 19.7. The van der Waals surface area contributed by atoms with Gasteiger partial charge < -0.3 is 14.8 Å². The van der Waals surface area contributed by atoms with Crippen LogP contribution in [0.3, 0.4) is 0 Å². The molecule has 0 bridgehead atoms. The molecule has 34 heavy (non-hydrogen) atoms. The Morgan fingerprint density at radius 1 is 1.09 bits per heavy atom. The van der Waals surface area contributed by atoms with Gasteiger partial charge in [0, 0.05) is 23.9 Å². The number of hydrogen-bond donors (Lipinski definition) is 1. The van der Waals surface area contributed by atoms with Crippen molar-refractivity contribution in [2.24, 2.45) is 0 Å². The summed E-state index contributed by atoms with van der Waals surface area (Å²) in [5.41, 5.74) is 4.71. The fourth-order valence-electron chi connectivity index (χ4n) is 4.09. The second-order valence-electron chi connectivity index (χ2n) is 8.03. The SMILES string of the molecule is COc1cccc(CNC(=O)CCc2c(OC)nc3c(c(C)nn3-c3cccc(F)c3)c2C)c1. The van der Waals surface area contributed by atoms with E-state index in [0.29, 0.717) is 30.2 Å². The van der Waals surface area contributed by atoms with Crippen LogP contribution >= 0.6 is 0 Å². The summed E-state index contributed by atoms with van der Waals surface area (Å²) < 4.78 is 26.2. The summed E-state index contributed by atoms with van der Waals surface area (Å²) in [6.07, 6.45) is 0.748. The molecule has 0 aliphatic heterocycles. The Kier molecular flexibility index (Phi) is 6.77. The van der Waals surface area contributed by atoms with Crippen LogP contribution < -0.4 is 14.8 Å². The first-order valence-electron chi connectivity index (χ1n) is 11.0. The Morgan fingerprint density at radius 3 is 2.62 bits per heavy atom. The lowest BCUT2D eigenvalue weighted by Gasteiger charge is -2.13. The third-order valence-electron chi connectivity index (χ3n) is 5.80. The lowest BCUT2D eigenvalue weighted by atomic mass is 10.0. The summed E-state index contributed by atoms with van der Waals surface area (Å²) in [6.45, 7) is 4.29. The van der Waals surface area contributed by atoms with Crippen molar-refractivity contribution in [3.8, 4) is 17.3 Å². The number of aromatic nitrogens is 3. The quantitative estimate of drug-likeness (QED) is 0.419. The highest BCUT2D eigenvalue weighted by Gasteiger charge is 2.20.